The van der Waals surface area contributed by atoms with Gasteiger partial charge in [-0.15, -0.1) is 0 Å². The van der Waals surface area contributed by atoms with Crippen LogP contribution in [0.5, 0.6) is 0 Å². The number of benzene rings is 2. The van der Waals surface area contributed by atoms with E-state index in [9.17, 15) is 14.4 Å². The van der Waals surface area contributed by atoms with Gasteiger partial charge < -0.3 is 14.8 Å². The molecule has 6 nitrogen and oxygen atoms in total. The van der Waals surface area contributed by atoms with Gasteiger partial charge in [-0.05, 0) is 25.5 Å². The van der Waals surface area contributed by atoms with Crippen molar-refractivity contribution in [3.8, 4) is 0 Å². The molecule has 34 heavy (non-hydrogen) atoms. The van der Waals surface area contributed by atoms with Gasteiger partial charge in [0.1, 0.15) is 13.2 Å². The summed E-state index contributed by atoms with van der Waals surface area (Å²) in [7, 11) is 0. The molecule has 1 N–H and O–H groups in total. The Balaban J connectivity index is 2.13. The smallest absolute Gasteiger partial charge is 0.337 e. The first-order valence-electron chi connectivity index (χ1n) is 10.8. The van der Waals surface area contributed by atoms with Crippen molar-refractivity contribution in [2.45, 2.75) is 19.8 Å². The Kier molecular flexibility index (Phi) is 7.98. The van der Waals surface area contributed by atoms with Gasteiger partial charge in [-0.3, -0.25) is 4.79 Å². The van der Waals surface area contributed by atoms with E-state index in [1.807, 2.05) is 6.07 Å². The van der Waals surface area contributed by atoms with E-state index in [1.54, 1.807) is 62.4 Å². The van der Waals surface area contributed by atoms with E-state index in [4.69, 9.17) is 9.47 Å². The predicted octanol–water partition coefficient (Wildman–Crippen LogP) is 4.61. The molecule has 6 heteroatoms. The highest BCUT2D eigenvalue weighted by Gasteiger charge is 2.38. The first-order valence-corrected chi connectivity index (χ1v) is 10.8. The highest BCUT2D eigenvalue weighted by Crippen LogP contribution is 2.39. The lowest BCUT2D eigenvalue weighted by Crippen LogP contribution is -2.32. The Morgan fingerprint density at radius 1 is 0.824 bits per heavy atom. The highest BCUT2D eigenvalue weighted by molar-refractivity contribution is 6.09. The number of hydrogen-bond donors (Lipinski definition) is 1. The van der Waals surface area contributed by atoms with Gasteiger partial charge in [-0.1, -0.05) is 73.8 Å². The molecular formula is C28H27NO5. The topological polar surface area (TPSA) is 81.7 Å². The van der Waals surface area contributed by atoms with Crippen LogP contribution in [0.4, 0.5) is 0 Å². The summed E-state index contributed by atoms with van der Waals surface area (Å²) in [5.74, 6) is -2.13. The zero-order valence-corrected chi connectivity index (χ0v) is 19.3. The first-order chi connectivity index (χ1) is 16.4. The van der Waals surface area contributed by atoms with Gasteiger partial charge in [0.25, 0.3) is 0 Å². The minimum absolute atomic E-state index is 0.0216. The zero-order valence-electron chi connectivity index (χ0n) is 19.3. The molecule has 0 amide bonds. The maximum absolute atomic E-state index is 13.1. The molecule has 0 fully saturated rings. The first kappa shape index (κ1) is 24.5. The third-order valence-corrected chi connectivity index (χ3v) is 5.38. The molecule has 0 radical (unpaired) electrons. The fraction of sp³-hybridized carbons (Fsp3) is 0.179. The number of dihydropyridines is 1. The van der Waals surface area contributed by atoms with Gasteiger partial charge in [0.15, 0.2) is 5.78 Å². The lowest BCUT2D eigenvalue weighted by Gasteiger charge is -2.30. The average molecular weight is 458 g/mol. The molecule has 0 unspecified atom stereocenters. The van der Waals surface area contributed by atoms with E-state index < -0.39 is 17.9 Å². The quantitative estimate of drug-likeness (QED) is 0.336. The fourth-order valence-corrected chi connectivity index (χ4v) is 3.91. The molecule has 174 valence electrons. The second-order valence-electron chi connectivity index (χ2n) is 7.73. The summed E-state index contributed by atoms with van der Waals surface area (Å²) >= 11 is 0. The molecule has 2 aromatic rings. The van der Waals surface area contributed by atoms with Crippen LogP contribution in [-0.2, 0) is 19.1 Å². The summed E-state index contributed by atoms with van der Waals surface area (Å²) < 4.78 is 10.7. The van der Waals surface area contributed by atoms with Crippen LogP contribution in [0.15, 0.2) is 102 Å². The summed E-state index contributed by atoms with van der Waals surface area (Å²) in [5, 5.41) is 3.10. The zero-order chi connectivity index (χ0) is 24.7. The van der Waals surface area contributed by atoms with E-state index in [0.29, 0.717) is 28.1 Å². The molecule has 2 aromatic carbocycles. The third-order valence-electron chi connectivity index (χ3n) is 5.38. The van der Waals surface area contributed by atoms with Crippen molar-refractivity contribution in [1.82, 2.24) is 5.32 Å². The fourth-order valence-electron chi connectivity index (χ4n) is 3.91. The monoisotopic (exact) mass is 457 g/mol. The van der Waals surface area contributed by atoms with Crippen molar-refractivity contribution in [3.05, 3.63) is 119 Å². The van der Waals surface area contributed by atoms with E-state index in [1.165, 1.54) is 12.2 Å². The molecule has 0 atom stereocenters. The van der Waals surface area contributed by atoms with Crippen molar-refractivity contribution in [3.63, 3.8) is 0 Å². The summed E-state index contributed by atoms with van der Waals surface area (Å²) in [5.41, 5.74) is 3.21. The molecule has 0 aromatic heterocycles. The van der Waals surface area contributed by atoms with E-state index >= 15 is 0 Å². The number of ketones is 1. The van der Waals surface area contributed by atoms with E-state index in [2.05, 4.69) is 18.5 Å². The van der Waals surface area contributed by atoms with Crippen LogP contribution >= 0.6 is 0 Å². The molecule has 0 saturated carbocycles. The number of ether oxygens (including phenoxy) is 2. The number of rotatable bonds is 9. The molecule has 1 aliphatic rings. The number of esters is 2. The lowest BCUT2D eigenvalue weighted by molar-refractivity contribution is -0.138. The maximum atomic E-state index is 13.1. The van der Waals surface area contributed by atoms with Crippen molar-refractivity contribution in [2.75, 3.05) is 13.2 Å². The summed E-state index contributed by atoms with van der Waals surface area (Å²) in [4.78, 5) is 39.2. The van der Waals surface area contributed by atoms with Crippen molar-refractivity contribution >= 4 is 17.7 Å². The second kappa shape index (κ2) is 11.1. The predicted molar refractivity (Wildman–Crippen MR) is 130 cm³/mol. The molecule has 0 bridgehead atoms. The lowest BCUT2D eigenvalue weighted by atomic mass is 9.79. The Morgan fingerprint density at radius 3 is 1.88 bits per heavy atom. The minimum Gasteiger partial charge on any atom is -0.458 e. The van der Waals surface area contributed by atoms with Gasteiger partial charge in [0.05, 0.1) is 17.1 Å². The van der Waals surface area contributed by atoms with E-state index in [0.717, 1.165) is 0 Å². The molecule has 0 spiro atoms. The minimum atomic E-state index is -0.792. The summed E-state index contributed by atoms with van der Waals surface area (Å²) in [6, 6.07) is 15.8. The molecule has 1 aliphatic heterocycles. The average Bonchev–Trinajstić information content (AvgIpc) is 2.85. The normalized spacial score (nSPS) is 13.7. The summed E-state index contributed by atoms with van der Waals surface area (Å²) in [6.07, 6.45) is 2.94. The van der Waals surface area contributed by atoms with Crippen LogP contribution in [-0.4, -0.2) is 30.9 Å². The number of hydrogen-bond acceptors (Lipinski definition) is 6. The van der Waals surface area contributed by atoms with Crippen LogP contribution in [0.25, 0.3) is 0 Å². The molecular weight excluding hydrogens is 430 g/mol. The molecule has 0 aliphatic carbocycles. The number of nitrogens with one attached hydrogen (secondary N) is 1. The third kappa shape index (κ3) is 5.23. The molecule has 0 saturated heterocycles. The highest BCUT2D eigenvalue weighted by atomic mass is 16.5. The maximum Gasteiger partial charge on any atom is 0.337 e. The number of carbonyl (C=O) groups excluding carboxylic acids is 3. The second-order valence-corrected chi connectivity index (χ2v) is 7.73. The van der Waals surface area contributed by atoms with Crippen LogP contribution in [0.2, 0.25) is 0 Å². The van der Waals surface area contributed by atoms with Gasteiger partial charge in [-0.25, -0.2) is 9.59 Å². The Hall–Kier alpha value is -4.19. The van der Waals surface area contributed by atoms with Crippen molar-refractivity contribution in [2.24, 2.45) is 0 Å². The van der Waals surface area contributed by atoms with Crippen LogP contribution in [0, 0.1) is 0 Å². The SMILES string of the molecule is C=CCOC(=O)C1=C(C)NC(C)=C(C(=O)OCC=C)C1c1cccc(C(=O)c2ccccc2)c1. The Bertz CT molecular complexity index is 1140. The number of carbonyl (C=O) groups is 3. The van der Waals surface area contributed by atoms with Crippen LogP contribution < -0.4 is 5.32 Å². The Labute approximate surface area is 199 Å². The molecule has 3 rings (SSSR count). The van der Waals surface area contributed by atoms with Gasteiger partial charge in [0, 0.05) is 22.5 Å². The van der Waals surface area contributed by atoms with E-state index in [-0.39, 0.29) is 30.1 Å². The largest absolute Gasteiger partial charge is 0.458 e. The Morgan fingerprint density at radius 2 is 1.35 bits per heavy atom. The van der Waals surface area contributed by atoms with Crippen molar-refractivity contribution in [1.29, 1.82) is 0 Å². The van der Waals surface area contributed by atoms with Crippen LogP contribution in [0.1, 0.15) is 41.3 Å². The van der Waals surface area contributed by atoms with Crippen molar-refractivity contribution < 1.29 is 23.9 Å². The van der Waals surface area contributed by atoms with Crippen LogP contribution in [0.3, 0.4) is 0 Å². The van der Waals surface area contributed by atoms with Gasteiger partial charge >= 0.3 is 11.9 Å². The van der Waals surface area contributed by atoms with Gasteiger partial charge in [0.2, 0.25) is 0 Å². The standard InChI is InChI=1S/C28H27NO5/c1-5-15-33-27(31)23-18(3)29-19(4)24(28(32)34-16-6-2)25(23)21-13-10-14-22(17-21)26(30)20-11-8-7-9-12-20/h5-14,17,25,29H,1-2,15-16H2,3-4H3. The van der Waals surface area contributed by atoms with Gasteiger partial charge in [-0.2, -0.15) is 0 Å². The molecule has 1 heterocycles. The number of allylic oxidation sites excluding steroid dienone is 2. The summed E-state index contributed by atoms with van der Waals surface area (Å²) in [6.45, 7) is 10.7.